The van der Waals surface area contributed by atoms with E-state index in [1.54, 1.807) is 30.3 Å². The highest BCUT2D eigenvalue weighted by Crippen LogP contribution is 2.27. The molecule has 4 aromatic carbocycles. The third-order valence-electron chi connectivity index (χ3n) is 6.08. The summed E-state index contributed by atoms with van der Waals surface area (Å²) in [7, 11) is 2.92. The predicted octanol–water partition coefficient (Wildman–Crippen LogP) is 5.08. The van der Waals surface area contributed by atoms with Crippen LogP contribution in [0.1, 0.15) is 22.3 Å². The molecule has 0 heterocycles. The Labute approximate surface area is 272 Å². The van der Waals surface area contributed by atoms with Crippen LogP contribution in [-0.4, -0.2) is 62.9 Å². The lowest BCUT2D eigenvalue weighted by atomic mass is 10.1. The Balaban J connectivity index is 0.000000377. The summed E-state index contributed by atoms with van der Waals surface area (Å²) in [6.45, 7) is 1.33. The molecule has 6 N–H and O–H groups in total. The van der Waals surface area contributed by atoms with E-state index in [1.165, 1.54) is 49.6 Å². The first-order chi connectivity index (χ1) is 21.7. The molecule has 3 radical (unpaired) electrons. The van der Waals surface area contributed by atoms with Gasteiger partial charge in [0.25, 0.3) is 0 Å². The number of benzene rings is 4. The number of hydrogen-bond acceptors (Lipinski definition) is 7. The zero-order valence-electron chi connectivity index (χ0n) is 26.0. The quantitative estimate of drug-likeness (QED) is 0.115. The molecule has 0 aliphatic carbocycles. The van der Waals surface area contributed by atoms with Gasteiger partial charge >= 0.3 is 5.97 Å². The molecule has 0 atom stereocenters. The van der Waals surface area contributed by atoms with Crippen LogP contribution >= 0.6 is 0 Å². The number of ether oxygens (including phenoxy) is 2. The average Bonchev–Trinajstić information content (AvgIpc) is 3.05. The van der Waals surface area contributed by atoms with Gasteiger partial charge in [-0.3, -0.25) is 4.79 Å². The number of carbonyl (C=O) groups excluding carboxylic acids is 1. The van der Waals surface area contributed by atoms with Crippen LogP contribution in [0, 0.1) is 0 Å². The van der Waals surface area contributed by atoms with E-state index in [-0.39, 0.29) is 25.8 Å². The molecule has 0 saturated heterocycles. The standard InChI is InChI=1S/C18H19NO3.C10H10O4.C8H11N.B/c1-22-17-13-15(7-9-16(17)20)8-10-18(21)19-12-11-14-5-3-2-4-6-14;1-14-9-6-7(2-4-8(9)11)3-5-10(12)13;9-7-6-8-4-2-1-3-5-8;/h2-10,13,20H,11-12H2,1H3,(H,19,21);2-6,11H,1H3,(H,12,13);1-5H,6-7,9H2;/b10-8+;5-3+;;. The molecule has 4 aromatic rings. The third-order valence-corrected chi connectivity index (χ3v) is 6.08. The molecule has 4 rings (SSSR count). The Hall–Kier alpha value is -5.48. The van der Waals surface area contributed by atoms with E-state index < -0.39 is 5.97 Å². The van der Waals surface area contributed by atoms with Crippen LogP contribution in [0.3, 0.4) is 0 Å². The molecular formula is C36H40BN2O7. The lowest BCUT2D eigenvalue weighted by molar-refractivity contribution is -0.131. The highest BCUT2D eigenvalue weighted by Gasteiger charge is 2.02. The number of phenols is 2. The maximum absolute atomic E-state index is 11.7. The number of carboxylic acid groups (broad SMARTS) is 1. The molecule has 1 amide bonds. The summed E-state index contributed by atoms with van der Waals surface area (Å²) in [4.78, 5) is 22.0. The minimum Gasteiger partial charge on any atom is -0.504 e. The summed E-state index contributed by atoms with van der Waals surface area (Å²) in [5.41, 5.74) is 9.31. The number of nitrogens with two attached hydrogens (primary N) is 1. The average molecular weight is 624 g/mol. The highest BCUT2D eigenvalue weighted by molar-refractivity contribution is 5.91. The van der Waals surface area contributed by atoms with Gasteiger partial charge in [0.05, 0.1) is 14.2 Å². The highest BCUT2D eigenvalue weighted by atomic mass is 16.5. The number of carboxylic acids is 1. The molecular weight excluding hydrogens is 583 g/mol. The van der Waals surface area contributed by atoms with Crippen molar-refractivity contribution in [2.45, 2.75) is 12.8 Å². The lowest BCUT2D eigenvalue weighted by Crippen LogP contribution is -2.23. The molecule has 46 heavy (non-hydrogen) atoms. The number of phenolic OH excluding ortho intramolecular Hbond substituents is 2. The van der Waals surface area contributed by atoms with E-state index in [9.17, 15) is 19.8 Å². The molecule has 0 saturated carbocycles. The second kappa shape index (κ2) is 22.1. The first-order valence-corrected chi connectivity index (χ1v) is 14.1. The number of methoxy groups -OCH3 is 2. The van der Waals surface area contributed by atoms with Crippen LogP contribution in [0.4, 0.5) is 0 Å². The van der Waals surface area contributed by atoms with E-state index in [1.807, 2.05) is 48.5 Å². The molecule has 9 nitrogen and oxygen atoms in total. The van der Waals surface area contributed by atoms with Crippen molar-refractivity contribution in [3.8, 4) is 23.0 Å². The number of aliphatic carboxylic acids is 1. The van der Waals surface area contributed by atoms with Crippen molar-refractivity contribution in [2.75, 3.05) is 27.3 Å². The molecule has 0 aromatic heterocycles. The number of aromatic hydroxyl groups is 2. The van der Waals surface area contributed by atoms with Crippen LogP contribution in [-0.2, 0) is 22.4 Å². The van der Waals surface area contributed by atoms with E-state index in [2.05, 4.69) is 17.4 Å². The van der Waals surface area contributed by atoms with E-state index in [0.717, 1.165) is 31.0 Å². The second-order valence-electron chi connectivity index (χ2n) is 9.42. The fourth-order valence-corrected chi connectivity index (χ4v) is 3.78. The zero-order valence-corrected chi connectivity index (χ0v) is 26.0. The summed E-state index contributed by atoms with van der Waals surface area (Å²) in [5, 5.41) is 30.0. The van der Waals surface area contributed by atoms with Gasteiger partial charge in [-0.2, -0.15) is 0 Å². The molecule has 0 spiro atoms. The smallest absolute Gasteiger partial charge is 0.328 e. The topological polar surface area (TPSA) is 151 Å². The zero-order chi connectivity index (χ0) is 32.9. The number of rotatable bonds is 11. The van der Waals surface area contributed by atoms with Gasteiger partial charge < -0.3 is 35.8 Å². The number of carbonyl (C=O) groups is 2. The first-order valence-electron chi connectivity index (χ1n) is 14.1. The maximum Gasteiger partial charge on any atom is 0.328 e. The Bertz CT molecular complexity index is 1530. The Morgan fingerprint density at radius 3 is 1.61 bits per heavy atom. The van der Waals surface area contributed by atoms with Gasteiger partial charge in [0, 0.05) is 27.1 Å². The van der Waals surface area contributed by atoms with E-state index >= 15 is 0 Å². The van der Waals surface area contributed by atoms with Crippen molar-refractivity contribution in [1.29, 1.82) is 0 Å². The number of amides is 1. The van der Waals surface area contributed by atoms with Gasteiger partial charge in [-0.05, 0) is 78.1 Å². The molecule has 0 unspecified atom stereocenters. The van der Waals surface area contributed by atoms with Crippen LogP contribution in [0.5, 0.6) is 23.0 Å². The summed E-state index contributed by atoms with van der Waals surface area (Å²) in [6.07, 6.45) is 7.38. The van der Waals surface area contributed by atoms with Crippen molar-refractivity contribution in [2.24, 2.45) is 5.73 Å². The van der Waals surface area contributed by atoms with Crippen molar-refractivity contribution in [3.05, 3.63) is 131 Å². The fraction of sp³-hybridized carbons (Fsp3) is 0.167. The molecule has 239 valence electrons. The van der Waals surface area contributed by atoms with Gasteiger partial charge in [0.15, 0.2) is 23.0 Å². The fourth-order valence-electron chi connectivity index (χ4n) is 3.78. The minimum absolute atomic E-state index is 0. The van der Waals surface area contributed by atoms with Gasteiger partial charge in [-0.15, -0.1) is 0 Å². The number of hydrogen-bond donors (Lipinski definition) is 5. The SMILES string of the molecule is COc1cc(/C=C/C(=O)NCCc2ccccc2)ccc1O.COc1cc(/C=C/C(=O)O)ccc1O.NCCc1ccccc1.[B]. The van der Waals surface area contributed by atoms with Gasteiger partial charge in [-0.25, -0.2) is 4.79 Å². The molecule has 0 aliphatic rings. The van der Waals surface area contributed by atoms with Crippen LogP contribution < -0.4 is 20.5 Å². The molecule has 0 aliphatic heterocycles. The van der Waals surface area contributed by atoms with Gasteiger partial charge in [-0.1, -0.05) is 72.8 Å². The third kappa shape index (κ3) is 15.3. The second-order valence-corrected chi connectivity index (χ2v) is 9.42. The van der Waals surface area contributed by atoms with Crippen LogP contribution in [0.25, 0.3) is 12.2 Å². The monoisotopic (exact) mass is 623 g/mol. The Morgan fingerprint density at radius 1 is 0.717 bits per heavy atom. The first kappa shape index (κ1) is 38.5. The van der Waals surface area contributed by atoms with E-state index in [4.69, 9.17) is 20.3 Å². The summed E-state index contributed by atoms with van der Waals surface area (Å²) < 4.78 is 9.88. The molecule has 0 fully saturated rings. The molecule has 10 heteroatoms. The normalized spacial score (nSPS) is 10.1. The minimum atomic E-state index is -1.02. The lowest BCUT2D eigenvalue weighted by Gasteiger charge is -2.04. The Morgan fingerprint density at radius 2 is 1.17 bits per heavy atom. The number of nitrogens with one attached hydrogen (secondary N) is 1. The predicted molar refractivity (Wildman–Crippen MR) is 183 cm³/mol. The van der Waals surface area contributed by atoms with Crippen molar-refractivity contribution in [1.82, 2.24) is 5.32 Å². The van der Waals surface area contributed by atoms with Gasteiger partial charge in [0.1, 0.15) is 0 Å². The van der Waals surface area contributed by atoms with Crippen molar-refractivity contribution >= 4 is 32.4 Å². The van der Waals surface area contributed by atoms with Crippen molar-refractivity contribution < 1.29 is 34.4 Å². The Kier molecular flexibility index (Phi) is 18.5. The summed E-state index contributed by atoms with van der Waals surface area (Å²) in [5.74, 6) is -0.365. The summed E-state index contributed by atoms with van der Waals surface area (Å²) >= 11 is 0. The van der Waals surface area contributed by atoms with Crippen LogP contribution in [0.15, 0.2) is 109 Å². The van der Waals surface area contributed by atoms with Crippen LogP contribution in [0.2, 0.25) is 0 Å². The molecule has 0 bridgehead atoms. The maximum atomic E-state index is 11.7. The largest absolute Gasteiger partial charge is 0.504 e. The van der Waals surface area contributed by atoms with Gasteiger partial charge in [0.2, 0.25) is 5.91 Å². The summed E-state index contributed by atoms with van der Waals surface area (Å²) in [6, 6.07) is 29.8. The van der Waals surface area contributed by atoms with Crippen molar-refractivity contribution in [3.63, 3.8) is 0 Å². The van der Waals surface area contributed by atoms with E-state index in [0.29, 0.717) is 23.6 Å².